The lowest BCUT2D eigenvalue weighted by molar-refractivity contribution is -0.116. The molecule has 1 aromatic rings. The number of urea groups is 1. The van der Waals surface area contributed by atoms with Crippen LogP contribution in [0.15, 0.2) is 18.2 Å². The van der Waals surface area contributed by atoms with Crippen molar-refractivity contribution in [2.24, 2.45) is 0 Å². The van der Waals surface area contributed by atoms with E-state index in [4.69, 9.17) is 9.47 Å². The molecule has 0 spiro atoms. The van der Waals surface area contributed by atoms with Gasteiger partial charge in [-0.3, -0.25) is 9.69 Å². The summed E-state index contributed by atoms with van der Waals surface area (Å²) in [5, 5.41) is 2.79. The normalized spacial score (nSPS) is 17.0. The molecule has 7 heteroatoms. The van der Waals surface area contributed by atoms with E-state index in [-0.39, 0.29) is 18.6 Å². The van der Waals surface area contributed by atoms with Crippen LogP contribution in [-0.4, -0.2) is 61.1 Å². The molecular weight excluding hydrogens is 310 g/mol. The summed E-state index contributed by atoms with van der Waals surface area (Å²) in [6.07, 6.45) is 0.385. The Hall–Kier alpha value is -2.28. The Labute approximate surface area is 141 Å². The fourth-order valence-corrected chi connectivity index (χ4v) is 2.86. The Bertz CT molecular complexity index is 612. The van der Waals surface area contributed by atoms with Gasteiger partial charge in [0, 0.05) is 45.7 Å². The molecule has 2 aliphatic heterocycles. The molecule has 0 aromatic heterocycles. The number of nitrogens with one attached hydrogen (secondary N) is 1. The predicted octanol–water partition coefficient (Wildman–Crippen LogP) is 1.22. The number of benzene rings is 1. The number of ether oxygens (including phenoxy) is 2. The molecule has 0 radical (unpaired) electrons. The van der Waals surface area contributed by atoms with Crippen LogP contribution in [0.3, 0.4) is 0 Å². The number of fused-ring (bicyclic) bond motifs is 1. The summed E-state index contributed by atoms with van der Waals surface area (Å²) in [7, 11) is 0. The molecule has 2 amide bonds. The first-order valence-electron chi connectivity index (χ1n) is 8.25. The first-order valence-corrected chi connectivity index (χ1v) is 8.25. The lowest BCUT2D eigenvalue weighted by Gasteiger charge is -2.34. The van der Waals surface area contributed by atoms with Crippen molar-refractivity contribution in [1.82, 2.24) is 15.1 Å². The molecule has 1 N–H and O–H groups in total. The highest BCUT2D eigenvalue weighted by molar-refractivity contribution is 5.78. The first-order chi connectivity index (χ1) is 11.6. The van der Waals surface area contributed by atoms with Crippen molar-refractivity contribution in [3.8, 4) is 11.5 Å². The lowest BCUT2D eigenvalue weighted by Crippen LogP contribution is -2.51. The monoisotopic (exact) mass is 333 g/mol. The Balaban J connectivity index is 1.43. The minimum atomic E-state index is -0.0843. The molecule has 7 nitrogen and oxygen atoms in total. The van der Waals surface area contributed by atoms with E-state index in [0.717, 1.165) is 31.1 Å². The number of carbonyl (C=O) groups is 2. The van der Waals surface area contributed by atoms with Gasteiger partial charge in [-0.25, -0.2) is 4.79 Å². The van der Waals surface area contributed by atoms with Gasteiger partial charge in [0.2, 0.25) is 6.79 Å². The first kappa shape index (κ1) is 16.6. The average Bonchev–Trinajstić information content (AvgIpc) is 3.03. The van der Waals surface area contributed by atoms with Crippen LogP contribution in [0.4, 0.5) is 4.79 Å². The molecule has 2 heterocycles. The van der Waals surface area contributed by atoms with Crippen LogP contribution in [0, 0.1) is 0 Å². The maximum Gasteiger partial charge on any atom is 0.317 e. The second kappa shape index (κ2) is 7.53. The van der Waals surface area contributed by atoms with Gasteiger partial charge in [-0.2, -0.15) is 0 Å². The van der Waals surface area contributed by atoms with Crippen molar-refractivity contribution in [2.75, 3.05) is 39.5 Å². The van der Waals surface area contributed by atoms with Gasteiger partial charge in [0.1, 0.15) is 5.78 Å². The maximum absolute atomic E-state index is 12.0. The molecule has 2 aliphatic rings. The van der Waals surface area contributed by atoms with Crippen LogP contribution in [0.2, 0.25) is 0 Å². The van der Waals surface area contributed by atoms with Gasteiger partial charge in [0.15, 0.2) is 11.5 Å². The highest BCUT2D eigenvalue weighted by Gasteiger charge is 2.21. The van der Waals surface area contributed by atoms with E-state index < -0.39 is 0 Å². The topological polar surface area (TPSA) is 71.1 Å². The minimum absolute atomic E-state index is 0.0843. The third-order valence-electron chi connectivity index (χ3n) is 4.26. The summed E-state index contributed by atoms with van der Waals surface area (Å²) in [5.74, 6) is 1.69. The molecule has 1 fully saturated rings. The second-order valence-electron chi connectivity index (χ2n) is 6.13. The molecule has 0 unspecified atom stereocenters. The number of hydrogen-bond acceptors (Lipinski definition) is 5. The van der Waals surface area contributed by atoms with Crippen LogP contribution in [-0.2, 0) is 11.3 Å². The summed E-state index contributed by atoms with van der Waals surface area (Å²) < 4.78 is 10.7. The van der Waals surface area contributed by atoms with Gasteiger partial charge in [0.05, 0.1) is 0 Å². The van der Waals surface area contributed by atoms with Gasteiger partial charge in [-0.1, -0.05) is 6.07 Å². The van der Waals surface area contributed by atoms with Crippen molar-refractivity contribution in [3.05, 3.63) is 23.8 Å². The maximum atomic E-state index is 12.0. The molecule has 0 aliphatic carbocycles. The summed E-state index contributed by atoms with van der Waals surface area (Å²) in [4.78, 5) is 27.0. The smallest absolute Gasteiger partial charge is 0.317 e. The molecule has 3 rings (SSSR count). The van der Waals surface area contributed by atoms with E-state index in [1.807, 2.05) is 18.2 Å². The highest BCUT2D eigenvalue weighted by atomic mass is 16.7. The summed E-state index contributed by atoms with van der Waals surface area (Å²) >= 11 is 0. The number of Topliss-reactive ketones (excluding diaryl/α,β-unsaturated/α-hetero) is 1. The SMILES string of the molecule is CC(=O)CCNC(=O)N1CCN(Cc2ccc3c(c2)OCO3)CC1. The fourth-order valence-electron chi connectivity index (χ4n) is 2.86. The number of piperazine rings is 1. The van der Waals surface area contributed by atoms with Crippen molar-refractivity contribution in [2.45, 2.75) is 19.9 Å². The van der Waals surface area contributed by atoms with Crippen LogP contribution < -0.4 is 14.8 Å². The van der Waals surface area contributed by atoms with E-state index in [1.165, 1.54) is 12.5 Å². The molecule has 0 atom stereocenters. The standard InChI is InChI=1S/C17H23N3O4/c1-13(21)4-5-18-17(22)20-8-6-19(7-9-20)11-14-2-3-15-16(10-14)24-12-23-15/h2-3,10H,4-9,11-12H2,1H3,(H,18,22). The van der Waals surface area contributed by atoms with Gasteiger partial charge < -0.3 is 19.7 Å². The van der Waals surface area contributed by atoms with E-state index in [2.05, 4.69) is 10.2 Å². The third kappa shape index (κ3) is 4.17. The zero-order chi connectivity index (χ0) is 16.9. The number of hydrogen-bond donors (Lipinski definition) is 1. The van der Waals surface area contributed by atoms with E-state index >= 15 is 0 Å². The van der Waals surface area contributed by atoms with Crippen molar-refractivity contribution in [1.29, 1.82) is 0 Å². The quantitative estimate of drug-likeness (QED) is 0.877. The third-order valence-corrected chi connectivity index (χ3v) is 4.26. The molecule has 1 saturated heterocycles. The predicted molar refractivity (Wildman–Crippen MR) is 88.1 cm³/mol. The number of amides is 2. The zero-order valence-electron chi connectivity index (χ0n) is 13.9. The number of rotatable bonds is 5. The Kier molecular flexibility index (Phi) is 5.20. The largest absolute Gasteiger partial charge is 0.454 e. The van der Waals surface area contributed by atoms with Crippen molar-refractivity contribution < 1.29 is 19.1 Å². The number of ketones is 1. The van der Waals surface area contributed by atoms with Crippen molar-refractivity contribution >= 4 is 11.8 Å². The summed E-state index contributed by atoms with van der Waals surface area (Å²) in [6.45, 7) is 6.09. The second-order valence-corrected chi connectivity index (χ2v) is 6.13. The summed E-state index contributed by atoms with van der Waals surface area (Å²) in [5.41, 5.74) is 1.18. The highest BCUT2D eigenvalue weighted by Crippen LogP contribution is 2.32. The Morgan fingerprint density at radius 2 is 1.88 bits per heavy atom. The van der Waals surface area contributed by atoms with Gasteiger partial charge in [0.25, 0.3) is 0 Å². The van der Waals surface area contributed by atoms with Crippen molar-refractivity contribution in [3.63, 3.8) is 0 Å². The van der Waals surface area contributed by atoms with E-state index in [1.54, 1.807) is 4.90 Å². The summed E-state index contributed by atoms with van der Waals surface area (Å²) in [6, 6.07) is 5.92. The van der Waals surface area contributed by atoms with Crippen LogP contribution >= 0.6 is 0 Å². The Morgan fingerprint density at radius 3 is 2.62 bits per heavy atom. The molecule has 0 saturated carbocycles. The van der Waals surface area contributed by atoms with Crippen LogP contribution in [0.25, 0.3) is 0 Å². The average molecular weight is 333 g/mol. The van der Waals surface area contributed by atoms with Gasteiger partial charge in [-0.05, 0) is 24.6 Å². The molecule has 130 valence electrons. The molecule has 0 bridgehead atoms. The van der Waals surface area contributed by atoms with Crippen LogP contribution in [0.1, 0.15) is 18.9 Å². The zero-order valence-corrected chi connectivity index (χ0v) is 13.9. The Morgan fingerprint density at radius 1 is 1.12 bits per heavy atom. The molecule has 1 aromatic carbocycles. The number of nitrogens with zero attached hydrogens (tertiary/aromatic N) is 2. The number of carbonyl (C=O) groups excluding carboxylic acids is 2. The van der Waals surface area contributed by atoms with E-state index in [0.29, 0.717) is 26.1 Å². The van der Waals surface area contributed by atoms with Gasteiger partial charge in [-0.15, -0.1) is 0 Å². The molecular formula is C17H23N3O4. The van der Waals surface area contributed by atoms with E-state index in [9.17, 15) is 9.59 Å². The fraction of sp³-hybridized carbons (Fsp3) is 0.529. The lowest BCUT2D eigenvalue weighted by atomic mass is 10.1. The van der Waals surface area contributed by atoms with Gasteiger partial charge >= 0.3 is 6.03 Å². The van der Waals surface area contributed by atoms with Crippen LogP contribution in [0.5, 0.6) is 11.5 Å². The minimum Gasteiger partial charge on any atom is -0.454 e. The molecule has 24 heavy (non-hydrogen) atoms.